The summed E-state index contributed by atoms with van der Waals surface area (Å²) in [4.78, 5) is 16.1. The first kappa shape index (κ1) is 16.1. The lowest BCUT2D eigenvalue weighted by atomic mass is 9.93. The highest BCUT2D eigenvalue weighted by Gasteiger charge is 2.21. The number of nitrogens with zero attached hydrogens (tertiary/aromatic N) is 1. The van der Waals surface area contributed by atoms with Gasteiger partial charge in [-0.15, -0.1) is 11.3 Å². The van der Waals surface area contributed by atoms with Crippen molar-refractivity contribution in [1.29, 1.82) is 0 Å². The molecule has 19 heavy (non-hydrogen) atoms. The van der Waals surface area contributed by atoms with E-state index in [-0.39, 0.29) is 5.41 Å². The second kappa shape index (κ2) is 5.56. The van der Waals surface area contributed by atoms with Crippen molar-refractivity contribution in [2.75, 3.05) is 11.6 Å². The zero-order valence-electron chi connectivity index (χ0n) is 11.6. The van der Waals surface area contributed by atoms with Crippen LogP contribution in [0.1, 0.15) is 33.4 Å². The van der Waals surface area contributed by atoms with Gasteiger partial charge in [0.25, 0.3) is 0 Å². The van der Waals surface area contributed by atoms with Gasteiger partial charge in [-0.1, -0.05) is 20.8 Å². The molecule has 0 aliphatic carbocycles. The summed E-state index contributed by atoms with van der Waals surface area (Å²) in [5.74, 6) is -0.430. The SMILES string of the molecule is C[C@H](NS(C)(=O)=O)C(=O)Nc1nc(C(C)(C)C)cs1. The largest absolute Gasteiger partial charge is 0.301 e. The van der Waals surface area contributed by atoms with Crippen LogP contribution in [-0.2, 0) is 20.2 Å². The Morgan fingerprint density at radius 1 is 1.42 bits per heavy atom. The zero-order chi connectivity index (χ0) is 14.8. The van der Waals surface area contributed by atoms with Crippen molar-refractivity contribution in [3.63, 3.8) is 0 Å². The number of thiazole rings is 1. The topological polar surface area (TPSA) is 88.2 Å². The number of hydrogen-bond acceptors (Lipinski definition) is 5. The molecule has 0 aliphatic rings. The van der Waals surface area contributed by atoms with Crippen molar-refractivity contribution in [3.05, 3.63) is 11.1 Å². The number of hydrogen-bond donors (Lipinski definition) is 2. The molecular weight excluding hydrogens is 286 g/mol. The lowest BCUT2D eigenvalue weighted by Gasteiger charge is -2.14. The monoisotopic (exact) mass is 305 g/mol. The molecule has 1 heterocycles. The van der Waals surface area contributed by atoms with Crippen LogP contribution in [0.15, 0.2) is 5.38 Å². The summed E-state index contributed by atoms with van der Waals surface area (Å²) < 4.78 is 24.3. The smallest absolute Gasteiger partial charge is 0.244 e. The summed E-state index contributed by atoms with van der Waals surface area (Å²) in [7, 11) is -3.41. The maximum Gasteiger partial charge on any atom is 0.244 e. The fourth-order valence-electron chi connectivity index (χ4n) is 1.26. The Morgan fingerprint density at radius 3 is 2.42 bits per heavy atom. The third kappa shape index (κ3) is 5.25. The Morgan fingerprint density at radius 2 is 2.00 bits per heavy atom. The van der Waals surface area contributed by atoms with Crippen LogP contribution in [0.5, 0.6) is 0 Å². The van der Waals surface area contributed by atoms with Crippen LogP contribution in [0.4, 0.5) is 5.13 Å². The number of sulfonamides is 1. The Labute approximate surface area is 117 Å². The molecule has 0 saturated carbocycles. The van der Waals surface area contributed by atoms with Gasteiger partial charge in [0.05, 0.1) is 18.0 Å². The number of anilines is 1. The second-order valence-corrected chi connectivity index (χ2v) is 8.03. The van der Waals surface area contributed by atoms with E-state index in [0.29, 0.717) is 5.13 Å². The van der Waals surface area contributed by atoms with Crippen LogP contribution in [0.25, 0.3) is 0 Å². The van der Waals surface area contributed by atoms with Gasteiger partial charge in [-0.3, -0.25) is 4.79 Å². The van der Waals surface area contributed by atoms with Crippen molar-refractivity contribution in [2.45, 2.75) is 39.2 Å². The summed E-state index contributed by atoms with van der Waals surface area (Å²) >= 11 is 1.32. The molecule has 1 rings (SSSR count). The van der Waals surface area contributed by atoms with Crippen LogP contribution in [0.3, 0.4) is 0 Å². The molecule has 0 fully saturated rings. The van der Waals surface area contributed by atoms with Gasteiger partial charge in [0, 0.05) is 10.8 Å². The van der Waals surface area contributed by atoms with Gasteiger partial charge in [-0.25, -0.2) is 18.1 Å². The Bertz CT molecular complexity index is 558. The molecule has 1 atom stereocenters. The lowest BCUT2D eigenvalue weighted by molar-refractivity contribution is -0.117. The van der Waals surface area contributed by atoms with E-state index >= 15 is 0 Å². The number of rotatable bonds is 4. The average Bonchev–Trinajstić information content (AvgIpc) is 2.62. The Balaban J connectivity index is 2.70. The molecule has 0 spiro atoms. The molecule has 1 aromatic rings. The van der Waals surface area contributed by atoms with Crippen molar-refractivity contribution >= 4 is 32.4 Å². The van der Waals surface area contributed by atoms with Crippen molar-refractivity contribution in [2.24, 2.45) is 0 Å². The minimum absolute atomic E-state index is 0.0872. The fourth-order valence-corrected chi connectivity index (χ4v) is 2.95. The Kier molecular flexibility index (Phi) is 4.70. The molecule has 108 valence electrons. The van der Waals surface area contributed by atoms with Crippen molar-refractivity contribution in [3.8, 4) is 0 Å². The van der Waals surface area contributed by atoms with E-state index < -0.39 is 22.0 Å². The normalized spacial score (nSPS) is 14.2. The fraction of sp³-hybridized carbons (Fsp3) is 0.636. The molecule has 0 radical (unpaired) electrons. The predicted octanol–water partition coefficient (Wildman–Crippen LogP) is 1.32. The highest BCUT2D eigenvalue weighted by atomic mass is 32.2. The quantitative estimate of drug-likeness (QED) is 0.878. The van der Waals surface area contributed by atoms with E-state index in [2.05, 4.69) is 15.0 Å². The van der Waals surface area contributed by atoms with Crippen molar-refractivity contribution < 1.29 is 13.2 Å². The summed E-state index contributed by atoms with van der Waals surface area (Å²) in [6.45, 7) is 7.57. The second-order valence-electron chi connectivity index (χ2n) is 5.39. The molecule has 0 unspecified atom stereocenters. The third-order valence-electron chi connectivity index (χ3n) is 2.29. The number of carbonyl (C=O) groups excluding carboxylic acids is 1. The van der Waals surface area contributed by atoms with Gasteiger partial charge in [-0.05, 0) is 6.92 Å². The van der Waals surface area contributed by atoms with E-state index in [1.807, 2.05) is 26.2 Å². The summed E-state index contributed by atoms with van der Waals surface area (Å²) in [6, 6.07) is -0.836. The first-order chi connectivity index (χ1) is 8.49. The highest BCUT2D eigenvalue weighted by Crippen LogP contribution is 2.26. The molecule has 2 N–H and O–H groups in total. The first-order valence-corrected chi connectivity index (χ1v) is 8.50. The van der Waals surface area contributed by atoms with E-state index in [0.717, 1.165) is 11.9 Å². The molecule has 0 saturated heterocycles. The van der Waals surface area contributed by atoms with E-state index in [9.17, 15) is 13.2 Å². The molecule has 1 aromatic heterocycles. The van der Waals surface area contributed by atoms with Gasteiger partial charge < -0.3 is 5.32 Å². The number of aromatic nitrogens is 1. The van der Waals surface area contributed by atoms with Crippen molar-refractivity contribution in [1.82, 2.24) is 9.71 Å². The van der Waals surface area contributed by atoms with Gasteiger partial charge in [0.15, 0.2) is 5.13 Å². The average molecular weight is 305 g/mol. The summed E-state index contributed by atoms with van der Waals surface area (Å²) in [5.41, 5.74) is 0.798. The van der Waals surface area contributed by atoms with Crippen LogP contribution in [0, 0.1) is 0 Å². The van der Waals surface area contributed by atoms with Gasteiger partial charge in [0.1, 0.15) is 0 Å². The maximum atomic E-state index is 11.8. The standard InChI is InChI=1S/C11H19N3O3S2/c1-7(14-19(5,16)17)9(15)13-10-12-8(6-18-10)11(2,3)4/h6-7,14H,1-5H3,(H,12,13,15)/t7-/m0/s1. The maximum absolute atomic E-state index is 11.8. The van der Waals surface area contributed by atoms with E-state index in [1.165, 1.54) is 18.3 Å². The predicted molar refractivity (Wildman–Crippen MR) is 76.9 cm³/mol. The number of amides is 1. The molecular formula is C11H19N3O3S2. The number of carbonyl (C=O) groups is 1. The molecule has 8 heteroatoms. The summed E-state index contributed by atoms with van der Waals surface area (Å²) in [5, 5.41) is 4.95. The molecule has 1 amide bonds. The van der Waals surface area contributed by atoms with Gasteiger partial charge >= 0.3 is 0 Å². The molecule has 6 nitrogen and oxygen atoms in total. The van der Waals surface area contributed by atoms with Crippen LogP contribution in [0.2, 0.25) is 0 Å². The first-order valence-electron chi connectivity index (χ1n) is 5.73. The zero-order valence-corrected chi connectivity index (χ0v) is 13.3. The minimum Gasteiger partial charge on any atom is -0.301 e. The van der Waals surface area contributed by atoms with E-state index in [4.69, 9.17) is 0 Å². The lowest BCUT2D eigenvalue weighted by Crippen LogP contribution is -2.41. The highest BCUT2D eigenvalue weighted by molar-refractivity contribution is 7.88. The van der Waals surface area contributed by atoms with E-state index in [1.54, 1.807) is 0 Å². The third-order valence-corrected chi connectivity index (χ3v) is 3.83. The van der Waals surface area contributed by atoms with Gasteiger partial charge in [-0.2, -0.15) is 0 Å². The minimum atomic E-state index is -3.41. The molecule has 0 bridgehead atoms. The summed E-state index contributed by atoms with van der Waals surface area (Å²) in [6.07, 6.45) is 1.01. The van der Waals surface area contributed by atoms with Crippen LogP contribution < -0.4 is 10.0 Å². The molecule has 0 aliphatic heterocycles. The number of nitrogens with one attached hydrogen (secondary N) is 2. The Hall–Kier alpha value is -0.990. The van der Waals surface area contributed by atoms with Gasteiger partial charge in [0.2, 0.25) is 15.9 Å². The van der Waals surface area contributed by atoms with Crippen LogP contribution in [-0.4, -0.2) is 31.6 Å². The molecule has 0 aromatic carbocycles. The van der Waals surface area contributed by atoms with Crippen LogP contribution >= 0.6 is 11.3 Å².